The van der Waals surface area contributed by atoms with E-state index in [2.05, 4.69) is 21.4 Å². The average Bonchev–Trinajstić information content (AvgIpc) is 3.26. The minimum absolute atomic E-state index is 0.0716. The lowest BCUT2D eigenvalue weighted by atomic mass is 9.89. The van der Waals surface area contributed by atoms with Crippen LogP contribution in [0.5, 0.6) is 11.5 Å². The van der Waals surface area contributed by atoms with Gasteiger partial charge in [0.25, 0.3) is 0 Å². The minimum Gasteiger partial charge on any atom is -0.486 e. The Morgan fingerprint density at radius 3 is 2.78 bits per heavy atom. The number of benzene rings is 2. The lowest BCUT2D eigenvalue weighted by Gasteiger charge is -2.26. The van der Waals surface area contributed by atoms with Gasteiger partial charge >= 0.3 is 0 Å². The van der Waals surface area contributed by atoms with Crippen LogP contribution >= 0.6 is 11.6 Å². The molecule has 0 bridgehead atoms. The summed E-state index contributed by atoms with van der Waals surface area (Å²) < 4.78 is 11.7. The summed E-state index contributed by atoms with van der Waals surface area (Å²) in [6.45, 7) is 0.761. The number of carbonyl (C=O) groups is 1. The van der Waals surface area contributed by atoms with E-state index in [-0.39, 0.29) is 24.3 Å². The molecule has 1 aliphatic rings. The molecule has 4 aromatic rings. The molecular formula is C25H22ClN3O3. The third-order valence-corrected chi connectivity index (χ3v) is 5.86. The van der Waals surface area contributed by atoms with Crippen LogP contribution in [0.3, 0.4) is 0 Å². The SMILES string of the molecule is O=C(C[C@@H](c1ccc(Cl)nc1)c1c[nH]c2ccccc12)NC[C@@H]1COc2ccccc2O1. The first-order valence-corrected chi connectivity index (χ1v) is 10.9. The van der Waals surface area contributed by atoms with Crippen molar-refractivity contribution < 1.29 is 14.3 Å². The number of pyridine rings is 1. The van der Waals surface area contributed by atoms with Crippen molar-refractivity contribution in [2.75, 3.05) is 13.2 Å². The Kier molecular flexibility index (Phi) is 5.69. The van der Waals surface area contributed by atoms with Gasteiger partial charge in [0, 0.05) is 35.6 Å². The number of ether oxygens (including phenoxy) is 2. The number of carbonyl (C=O) groups excluding carboxylic acids is 1. The van der Waals surface area contributed by atoms with E-state index < -0.39 is 0 Å². The molecule has 1 amide bonds. The molecule has 0 unspecified atom stereocenters. The molecule has 7 heteroatoms. The Labute approximate surface area is 190 Å². The van der Waals surface area contributed by atoms with Gasteiger partial charge in [-0.05, 0) is 35.4 Å². The van der Waals surface area contributed by atoms with Crippen molar-refractivity contribution in [3.63, 3.8) is 0 Å². The molecule has 2 aromatic carbocycles. The second kappa shape index (κ2) is 8.93. The molecule has 1 aliphatic heterocycles. The Balaban J connectivity index is 1.31. The van der Waals surface area contributed by atoms with Crippen molar-refractivity contribution in [3.05, 3.63) is 89.3 Å². The molecule has 2 N–H and O–H groups in total. The monoisotopic (exact) mass is 447 g/mol. The van der Waals surface area contributed by atoms with Crippen LogP contribution in [-0.2, 0) is 4.79 Å². The van der Waals surface area contributed by atoms with E-state index >= 15 is 0 Å². The van der Waals surface area contributed by atoms with Gasteiger partial charge in [-0.2, -0.15) is 0 Å². The van der Waals surface area contributed by atoms with E-state index in [4.69, 9.17) is 21.1 Å². The van der Waals surface area contributed by atoms with E-state index in [9.17, 15) is 4.79 Å². The van der Waals surface area contributed by atoms with Crippen molar-refractivity contribution in [1.29, 1.82) is 0 Å². The number of para-hydroxylation sites is 3. The largest absolute Gasteiger partial charge is 0.486 e. The Hall–Kier alpha value is -3.51. The summed E-state index contributed by atoms with van der Waals surface area (Å²) in [5.74, 6) is 1.18. The molecule has 0 saturated heterocycles. The van der Waals surface area contributed by atoms with Crippen LogP contribution in [0.15, 0.2) is 73.1 Å². The predicted octanol–water partition coefficient (Wildman–Crippen LogP) is 4.69. The zero-order chi connectivity index (χ0) is 21.9. The van der Waals surface area contributed by atoms with E-state index in [1.807, 2.05) is 54.7 Å². The van der Waals surface area contributed by atoms with Crippen LogP contribution in [0, 0.1) is 0 Å². The highest BCUT2D eigenvalue weighted by Crippen LogP contribution is 2.34. The summed E-state index contributed by atoms with van der Waals surface area (Å²) in [4.78, 5) is 20.5. The Bertz CT molecular complexity index is 1240. The fourth-order valence-corrected chi connectivity index (χ4v) is 4.14. The topological polar surface area (TPSA) is 76.2 Å². The molecule has 0 spiro atoms. The fraction of sp³-hybridized carbons (Fsp3) is 0.200. The number of halogens is 1. The van der Waals surface area contributed by atoms with E-state index in [1.165, 1.54) is 0 Å². The average molecular weight is 448 g/mol. The standard InChI is InChI=1S/C25H22ClN3O3/c26-24-10-9-16(12-28-24)19(20-14-27-21-6-2-1-5-18(20)21)11-25(30)29-13-17-15-31-22-7-3-4-8-23(22)32-17/h1-10,12,14,17,19,27H,11,13,15H2,(H,29,30)/t17-,19+/m1/s1. The van der Waals surface area contributed by atoms with Crippen LogP contribution in [-0.4, -0.2) is 35.1 Å². The van der Waals surface area contributed by atoms with Crippen LogP contribution in [0.25, 0.3) is 10.9 Å². The lowest BCUT2D eigenvalue weighted by molar-refractivity contribution is -0.121. The van der Waals surface area contributed by atoms with Crippen molar-refractivity contribution in [3.8, 4) is 11.5 Å². The second-order valence-electron chi connectivity index (χ2n) is 7.76. The van der Waals surface area contributed by atoms with Crippen LogP contribution < -0.4 is 14.8 Å². The van der Waals surface area contributed by atoms with E-state index in [0.717, 1.165) is 27.8 Å². The van der Waals surface area contributed by atoms with Gasteiger partial charge in [-0.25, -0.2) is 4.98 Å². The van der Waals surface area contributed by atoms with Crippen molar-refractivity contribution in [2.24, 2.45) is 0 Å². The van der Waals surface area contributed by atoms with Crippen LogP contribution in [0.2, 0.25) is 5.15 Å². The summed E-state index contributed by atoms with van der Waals surface area (Å²) in [5.41, 5.74) is 3.01. The smallest absolute Gasteiger partial charge is 0.221 e. The highest BCUT2D eigenvalue weighted by molar-refractivity contribution is 6.29. The summed E-state index contributed by atoms with van der Waals surface area (Å²) in [5, 5.41) is 4.51. The summed E-state index contributed by atoms with van der Waals surface area (Å²) in [6.07, 6.45) is 3.73. The van der Waals surface area contributed by atoms with Gasteiger partial charge in [0.05, 0.1) is 6.54 Å². The molecule has 0 saturated carbocycles. The zero-order valence-corrected chi connectivity index (χ0v) is 18.0. The number of hydrogen-bond acceptors (Lipinski definition) is 4. The van der Waals surface area contributed by atoms with Gasteiger partial charge in [-0.3, -0.25) is 4.79 Å². The number of hydrogen-bond donors (Lipinski definition) is 2. The first-order chi connectivity index (χ1) is 15.7. The summed E-state index contributed by atoms with van der Waals surface area (Å²) in [7, 11) is 0. The fourth-order valence-electron chi connectivity index (χ4n) is 4.03. The number of nitrogens with one attached hydrogen (secondary N) is 2. The molecule has 32 heavy (non-hydrogen) atoms. The van der Waals surface area contributed by atoms with Gasteiger partial charge in [0.2, 0.25) is 5.91 Å². The molecule has 6 nitrogen and oxygen atoms in total. The first-order valence-electron chi connectivity index (χ1n) is 10.5. The van der Waals surface area contributed by atoms with Crippen molar-refractivity contribution in [1.82, 2.24) is 15.3 Å². The summed E-state index contributed by atoms with van der Waals surface area (Å²) in [6, 6.07) is 19.3. The Morgan fingerprint density at radius 2 is 1.94 bits per heavy atom. The number of amides is 1. The van der Waals surface area contributed by atoms with Gasteiger partial charge < -0.3 is 19.8 Å². The van der Waals surface area contributed by atoms with Crippen LogP contribution in [0.4, 0.5) is 0 Å². The highest BCUT2D eigenvalue weighted by Gasteiger charge is 2.24. The normalized spacial score (nSPS) is 16.0. The lowest BCUT2D eigenvalue weighted by Crippen LogP contribution is -2.41. The number of nitrogens with zero attached hydrogens (tertiary/aromatic N) is 1. The third-order valence-electron chi connectivity index (χ3n) is 5.63. The number of aromatic amines is 1. The maximum absolute atomic E-state index is 12.9. The summed E-state index contributed by atoms with van der Waals surface area (Å²) >= 11 is 5.99. The number of fused-ring (bicyclic) bond motifs is 2. The molecule has 162 valence electrons. The molecule has 0 fully saturated rings. The molecule has 3 heterocycles. The molecule has 0 aliphatic carbocycles. The molecule has 2 atom stereocenters. The maximum atomic E-state index is 12.9. The van der Waals surface area contributed by atoms with Crippen LogP contribution in [0.1, 0.15) is 23.5 Å². The molecule has 5 rings (SSSR count). The van der Waals surface area contributed by atoms with Gasteiger partial charge in [0.1, 0.15) is 17.9 Å². The third kappa shape index (κ3) is 4.27. The molecular weight excluding hydrogens is 426 g/mol. The number of H-pyrrole nitrogens is 1. The zero-order valence-electron chi connectivity index (χ0n) is 17.3. The predicted molar refractivity (Wildman–Crippen MR) is 123 cm³/mol. The highest BCUT2D eigenvalue weighted by atomic mass is 35.5. The number of aromatic nitrogens is 2. The quantitative estimate of drug-likeness (QED) is 0.420. The van der Waals surface area contributed by atoms with Crippen molar-refractivity contribution >= 4 is 28.4 Å². The van der Waals surface area contributed by atoms with E-state index in [0.29, 0.717) is 24.1 Å². The molecule has 2 aromatic heterocycles. The van der Waals surface area contributed by atoms with E-state index in [1.54, 1.807) is 12.3 Å². The van der Waals surface area contributed by atoms with Gasteiger partial charge in [-0.15, -0.1) is 0 Å². The maximum Gasteiger partial charge on any atom is 0.221 e. The molecule has 0 radical (unpaired) electrons. The first kappa shape index (κ1) is 20.4. The minimum atomic E-state index is -0.238. The Morgan fingerprint density at radius 1 is 1.12 bits per heavy atom. The second-order valence-corrected chi connectivity index (χ2v) is 8.15. The van der Waals surface area contributed by atoms with Gasteiger partial charge in [-0.1, -0.05) is 48.0 Å². The van der Waals surface area contributed by atoms with Crippen molar-refractivity contribution in [2.45, 2.75) is 18.4 Å². The van der Waals surface area contributed by atoms with Gasteiger partial charge in [0.15, 0.2) is 11.5 Å². The number of rotatable bonds is 6.